The molecular weight excluding hydrogens is 302 g/mol. The highest BCUT2D eigenvalue weighted by atomic mass is 16.2. The molecule has 5 heteroatoms. The minimum atomic E-state index is -0.373. The third-order valence-electron chi connectivity index (χ3n) is 5.14. The van der Waals surface area contributed by atoms with Gasteiger partial charge in [-0.1, -0.05) is 49.6 Å². The Kier molecular flexibility index (Phi) is 5.86. The van der Waals surface area contributed by atoms with E-state index < -0.39 is 0 Å². The van der Waals surface area contributed by atoms with E-state index in [1.54, 1.807) is 4.90 Å². The first-order chi connectivity index (χ1) is 11.8. The van der Waals surface area contributed by atoms with Crippen LogP contribution < -0.4 is 5.32 Å². The van der Waals surface area contributed by atoms with E-state index in [4.69, 9.17) is 0 Å². The zero-order valence-corrected chi connectivity index (χ0v) is 14.2. The molecule has 130 valence electrons. The Balaban J connectivity index is 1.60. The van der Waals surface area contributed by atoms with Gasteiger partial charge in [0.15, 0.2) is 0 Å². The topological polar surface area (TPSA) is 52.7 Å². The maximum Gasteiger partial charge on any atom is 0.244 e. The van der Waals surface area contributed by atoms with Crippen LogP contribution >= 0.6 is 0 Å². The minimum absolute atomic E-state index is 0.00626. The number of carbonyl (C=O) groups excluding carboxylic acids is 2. The molecule has 1 aliphatic heterocycles. The fourth-order valence-electron chi connectivity index (χ4n) is 3.74. The first-order valence-electron chi connectivity index (χ1n) is 9.04. The summed E-state index contributed by atoms with van der Waals surface area (Å²) in [6, 6.07) is 10.2. The number of hydrogen-bond donors (Lipinski definition) is 1. The Morgan fingerprint density at radius 2 is 1.88 bits per heavy atom. The maximum absolute atomic E-state index is 12.7. The van der Waals surface area contributed by atoms with Crippen LogP contribution in [0.3, 0.4) is 0 Å². The van der Waals surface area contributed by atoms with E-state index in [2.05, 4.69) is 22.3 Å². The van der Waals surface area contributed by atoms with Crippen molar-refractivity contribution in [1.82, 2.24) is 15.1 Å². The second-order valence-electron chi connectivity index (χ2n) is 6.92. The molecule has 0 radical (unpaired) electrons. The molecule has 0 aromatic heterocycles. The van der Waals surface area contributed by atoms with Crippen LogP contribution in [0.5, 0.6) is 0 Å². The van der Waals surface area contributed by atoms with Gasteiger partial charge in [0.05, 0.1) is 0 Å². The van der Waals surface area contributed by atoms with Crippen molar-refractivity contribution < 1.29 is 9.59 Å². The van der Waals surface area contributed by atoms with E-state index >= 15 is 0 Å². The van der Waals surface area contributed by atoms with Gasteiger partial charge in [0.1, 0.15) is 6.04 Å². The zero-order chi connectivity index (χ0) is 16.8. The summed E-state index contributed by atoms with van der Waals surface area (Å²) >= 11 is 0. The monoisotopic (exact) mass is 329 g/mol. The Hall–Kier alpha value is -1.88. The van der Waals surface area contributed by atoms with Gasteiger partial charge in [-0.05, 0) is 18.4 Å². The third kappa shape index (κ3) is 4.35. The van der Waals surface area contributed by atoms with E-state index in [0.29, 0.717) is 13.1 Å². The summed E-state index contributed by atoms with van der Waals surface area (Å²) in [5.74, 6) is 0.00626. The second kappa shape index (κ2) is 8.29. The fraction of sp³-hybridized carbons (Fsp3) is 0.579. The highest BCUT2D eigenvalue weighted by molar-refractivity contribution is 5.84. The number of nitrogens with one attached hydrogen (secondary N) is 1. The van der Waals surface area contributed by atoms with Gasteiger partial charge in [-0.2, -0.15) is 0 Å². The predicted molar refractivity (Wildman–Crippen MR) is 93.3 cm³/mol. The van der Waals surface area contributed by atoms with E-state index in [-0.39, 0.29) is 18.0 Å². The average Bonchev–Trinajstić information content (AvgIpc) is 2.63. The number of rotatable bonds is 5. The van der Waals surface area contributed by atoms with Crippen molar-refractivity contribution in [2.75, 3.05) is 19.6 Å². The second-order valence-corrected chi connectivity index (χ2v) is 6.92. The Bertz CT molecular complexity index is 543. The van der Waals surface area contributed by atoms with Crippen LogP contribution in [0.15, 0.2) is 30.3 Å². The molecule has 1 heterocycles. The molecule has 24 heavy (non-hydrogen) atoms. The number of hydrogen-bond acceptors (Lipinski definition) is 3. The van der Waals surface area contributed by atoms with Crippen LogP contribution in [0.2, 0.25) is 0 Å². The van der Waals surface area contributed by atoms with Crippen molar-refractivity contribution in [2.24, 2.45) is 0 Å². The lowest BCUT2D eigenvalue weighted by Gasteiger charge is -2.39. The molecule has 1 aliphatic carbocycles. The number of nitrogens with zero attached hydrogens (tertiary/aromatic N) is 2. The fourth-order valence-corrected chi connectivity index (χ4v) is 3.74. The van der Waals surface area contributed by atoms with Crippen molar-refractivity contribution >= 4 is 12.3 Å². The number of piperazine rings is 1. The van der Waals surface area contributed by atoms with Crippen LogP contribution in [0, 0.1) is 0 Å². The van der Waals surface area contributed by atoms with Crippen LogP contribution in [0.4, 0.5) is 0 Å². The molecule has 0 spiro atoms. The molecule has 1 N–H and O–H groups in total. The SMILES string of the molecule is O=CN1CCN(Cc2ccccc2)CC1C(=O)NC1CCCCC1. The molecule has 1 aromatic rings. The van der Waals surface area contributed by atoms with Crippen molar-refractivity contribution in [2.45, 2.75) is 50.7 Å². The quantitative estimate of drug-likeness (QED) is 0.838. The molecule has 1 atom stereocenters. The van der Waals surface area contributed by atoms with Gasteiger partial charge in [0.2, 0.25) is 12.3 Å². The van der Waals surface area contributed by atoms with Crippen molar-refractivity contribution in [3.63, 3.8) is 0 Å². The molecule has 0 bridgehead atoms. The molecule has 3 rings (SSSR count). The Morgan fingerprint density at radius 1 is 1.12 bits per heavy atom. The first-order valence-corrected chi connectivity index (χ1v) is 9.04. The Morgan fingerprint density at radius 3 is 2.58 bits per heavy atom. The molecule has 2 aliphatic rings. The van der Waals surface area contributed by atoms with Crippen molar-refractivity contribution in [3.05, 3.63) is 35.9 Å². The van der Waals surface area contributed by atoms with Gasteiger partial charge >= 0.3 is 0 Å². The summed E-state index contributed by atoms with van der Waals surface area (Å²) in [5.41, 5.74) is 1.24. The summed E-state index contributed by atoms with van der Waals surface area (Å²) in [7, 11) is 0. The van der Waals surface area contributed by atoms with Crippen LogP contribution in [0.1, 0.15) is 37.7 Å². The molecule has 1 saturated carbocycles. The van der Waals surface area contributed by atoms with E-state index in [1.165, 1.54) is 24.8 Å². The first kappa shape index (κ1) is 17.0. The molecule has 2 fully saturated rings. The maximum atomic E-state index is 12.7. The number of carbonyl (C=O) groups is 2. The van der Waals surface area contributed by atoms with Gasteiger partial charge in [-0.3, -0.25) is 14.5 Å². The van der Waals surface area contributed by atoms with Gasteiger partial charge in [0, 0.05) is 32.2 Å². The third-order valence-corrected chi connectivity index (χ3v) is 5.14. The van der Waals surface area contributed by atoms with Crippen molar-refractivity contribution in [1.29, 1.82) is 0 Å². The van der Waals surface area contributed by atoms with Gasteiger partial charge in [-0.25, -0.2) is 0 Å². The highest BCUT2D eigenvalue weighted by Gasteiger charge is 2.32. The molecule has 1 aromatic carbocycles. The van der Waals surface area contributed by atoms with Gasteiger partial charge in [-0.15, -0.1) is 0 Å². The molecule has 5 nitrogen and oxygen atoms in total. The predicted octanol–water partition coefficient (Wildman–Crippen LogP) is 1.78. The highest BCUT2D eigenvalue weighted by Crippen LogP contribution is 2.18. The molecule has 2 amide bonds. The summed E-state index contributed by atoms with van der Waals surface area (Å²) < 4.78 is 0. The minimum Gasteiger partial charge on any atom is -0.352 e. The standard InChI is InChI=1S/C19H27N3O2/c23-15-22-12-11-21(13-16-7-3-1-4-8-16)14-18(22)19(24)20-17-9-5-2-6-10-17/h1,3-4,7-8,15,17-18H,2,5-6,9-14H2,(H,20,24). The number of amides is 2. The van der Waals surface area contributed by atoms with Crippen LogP contribution in [0.25, 0.3) is 0 Å². The normalized spacial score (nSPS) is 23.0. The smallest absolute Gasteiger partial charge is 0.244 e. The summed E-state index contributed by atoms with van der Waals surface area (Å²) in [6.07, 6.45) is 6.59. The van der Waals surface area contributed by atoms with E-state index in [0.717, 1.165) is 32.3 Å². The molecular formula is C19H27N3O2. The van der Waals surface area contributed by atoms with Crippen molar-refractivity contribution in [3.8, 4) is 0 Å². The molecule has 1 unspecified atom stereocenters. The lowest BCUT2D eigenvalue weighted by molar-refractivity contribution is -0.137. The average molecular weight is 329 g/mol. The number of benzene rings is 1. The lowest BCUT2D eigenvalue weighted by Crippen LogP contribution is -2.59. The lowest BCUT2D eigenvalue weighted by atomic mass is 9.95. The van der Waals surface area contributed by atoms with E-state index in [1.807, 2.05) is 18.2 Å². The summed E-state index contributed by atoms with van der Waals surface area (Å²) in [4.78, 5) is 28.0. The van der Waals surface area contributed by atoms with Gasteiger partial charge < -0.3 is 10.2 Å². The molecule has 1 saturated heterocycles. The largest absolute Gasteiger partial charge is 0.352 e. The van der Waals surface area contributed by atoms with Crippen LogP contribution in [-0.4, -0.2) is 53.8 Å². The Labute approximate surface area is 144 Å². The summed E-state index contributed by atoms with van der Waals surface area (Å²) in [5, 5.41) is 3.17. The van der Waals surface area contributed by atoms with E-state index in [9.17, 15) is 9.59 Å². The van der Waals surface area contributed by atoms with Crippen LogP contribution in [-0.2, 0) is 16.1 Å². The van der Waals surface area contributed by atoms with Gasteiger partial charge in [0.25, 0.3) is 0 Å². The summed E-state index contributed by atoms with van der Waals surface area (Å²) in [6.45, 7) is 2.84. The zero-order valence-electron chi connectivity index (χ0n) is 14.2.